The predicted molar refractivity (Wildman–Crippen MR) is 78.6 cm³/mol. The molecule has 1 saturated carbocycles. The Morgan fingerprint density at radius 1 is 1.30 bits per heavy atom. The number of nitrogens with zero attached hydrogens (tertiary/aromatic N) is 1. The van der Waals surface area contributed by atoms with Gasteiger partial charge in [-0.15, -0.1) is 0 Å². The number of nitrogens with one attached hydrogen (secondary N) is 1. The van der Waals surface area contributed by atoms with Gasteiger partial charge in [-0.2, -0.15) is 0 Å². The first-order valence-electron chi connectivity index (χ1n) is 7.64. The second kappa shape index (κ2) is 7.62. The summed E-state index contributed by atoms with van der Waals surface area (Å²) in [5.41, 5.74) is -0.139. The third-order valence-corrected chi connectivity index (χ3v) is 4.58. The molecule has 1 aliphatic carbocycles. The minimum absolute atomic E-state index is 0.0314. The molecule has 0 aromatic heterocycles. The van der Waals surface area contributed by atoms with Crippen LogP contribution in [0.5, 0.6) is 0 Å². The second-order valence-electron chi connectivity index (χ2n) is 5.94. The lowest BCUT2D eigenvalue weighted by molar-refractivity contribution is -0.147. The smallest absolute Gasteiger partial charge is 0.323 e. The summed E-state index contributed by atoms with van der Waals surface area (Å²) < 4.78 is 0. The van der Waals surface area contributed by atoms with Crippen LogP contribution in [0, 0.1) is 0 Å². The Kier molecular flexibility index (Phi) is 6.46. The highest BCUT2D eigenvalue weighted by atomic mass is 16.4. The Balaban J connectivity index is 2.75. The van der Waals surface area contributed by atoms with Crippen molar-refractivity contribution in [3.05, 3.63) is 0 Å². The second-order valence-corrected chi connectivity index (χ2v) is 5.94. The standard InChI is InChI=1S/C15H28N2O3/c1-4-12(2)17(11-14(19)20)13(18)10-15(16-3)8-6-5-7-9-15/h12,16H,4-11H2,1-3H3,(H,19,20). The van der Waals surface area contributed by atoms with Gasteiger partial charge in [-0.1, -0.05) is 26.2 Å². The largest absolute Gasteiger partial charge is 0.480 e. The molecule has 1 rings (SSSR count). The van der Waals surface area contributed by atoms with Crippen molar-refractivity contribution in [3.63, 3.8) is 0 Å². The molecule has 2 N–H and O–H groups in total. The van der Waals surface area contributed by atoms with Crippen LogP contribution in [-0.2, 0) is 9.59 Å². The van der Waals surface area contributed by atoms with Crippen molar-refractivity contribution in [1.82, 2.24) is 10.2 Å². The highest BCUT2D eigenvalue weighted by Gasteiger charge is 2.35. The van der Waals surface area contributed by atoms with Crippen LogP contribution >= 0.6 is 0 Å². The van der Waals surface area contributed by atoms with Gasteiger partial charge in [-0.05, 0) is 33.2 Å². The van der Waals surface area contributed by atoms with Crippen LogP contribution in [0.15, 0.2) is 0 Å². The SMILES string of the molecule is CCC(C)N(CC(=O)O)C(=O)CC1(NC)CCCCC1. The zero-order valence-electron chi connectivity index (χ0n) is 12.9. The molecule has 0 heterocycles. The van der Waals surface area contributed by atoms with E-state index >= 15 is 0 Å². The van der Waals surface area contributed by atoms with Crippen LogP contribution in [-0.4, -0.2) is 47.1 Å². The Morgan fingerprint density at radius 3 is 2.35 bits per heavy atom. The van der Waals surface area contributed by atoms with E-state index in [4.69, 9.17) is 5.11 Å². The molecule has 20 heavy (non-hydrogen) atoms. The summed E-state index contributed by atoms with van der Waals surface area (Å²) in [5.74, 6) is -0.987. The number of hydrogen-bond acceptors (Lipinski definition) is 3. The number of hydrogen-bond donors (Lipinski definition) is 2. The average Bonchev–Trinajstić information content (AvgIpc) is 2.44. The minimum Gasteiger partial charge on any atom is -0.480 e. The zero-order valence-corrected chi connectivity index (χ0v) is 12.9. The summed E-state index contributed by atoms with van der Waals surface area (Å²) >= 11 is 0. The van der Waals surface area contributed by atoms with Crippen LogP contribution in [0.25, 0.3) is 0 Å². The fourth-order valence-electron chi connectivity index (χ4n) is 2.99. The zero-order chi connectivity index (χ0) is 15.2. The van der Waals surface area contributed by atoms with E-state index in [9.17, 15) is 9.59 Å². The lowest BCUT2D eigenvalue weighted by atomic mass is 9.79. The van der Waals surface area contributed by atoms with Crippen LogP contribution in [0.1, 0.15) is 58.8 Å². The molecule has 0 aliphatic heterocycles. The van der Waals surface area contributed by atoms with E-state index in [1.807, 2.05) is 20.9 Å². The van der Waals surface area contributed by atoms with Crippen molar-refractivity contribution in [2.24, 2.45) is 0 Å². The summed E-state index contributed by atoms with van der Waals surface area (Å²) in [6, 6.07) is -0.0314. The molecule has 0 bridgehead atoms. The molecule has 5 nitrogen and oxygen atoms in total. The van der Waals surface area contributed by atoms with E-state index in [0.29, 0.717) is 6.42 Å². The monoisotopic (exact) mass is 284 g/mol. The molecule has 1 aliphatic rings. The third kappa shape index (κ3) is 4.47. The predicted octanol–water partition coefficient (Wildman–Crippen LogP) is 2.01. The third-order valence-electron chi connectivity index (χ3n) is 4.58. The molecular formula is C15H28N2O3. The summed E-state index contributed by atoms with van der Waals surface area (Å²) in [5, 5.41) is 12.3. The van der Waals surface area contributed by atoms with E-state index in [2.05, 4.69) is 5.32 Å². The number of amides is 1. The summed E-state index contributed by atoms with van der Waals surface area (Å²) in [6.45, 7) is 3.68. The van der Waals surface area contributed by atoms with Gasteiger partial charge in [0, 0.05) is 18.0 Å². The van der Waals surface area contributed by atoms with Gasteiger partial charge in [0.05, 0.1) is 0 Å². The van der Waals surface area contributed by atoms with Gasteiger partial charge in [0.2, 0.25) is 5.91 Å². The van der Waals surface area contributed by atoms with Crippen LogP contribution in [0.2, 0.25) is 0 Å². The van der Waals surface area contributed by atoms with Crippen molar-refractivity contribution in [2.75, 3.05) is 13.6 Å². The van der Waals surface area contributed by atoms with Crippen molar-refractivity contribution in [2.45, 2.75) is 70.4 Å². The minimum atomic E-state index is -0.944. The Hall–Kier alpha value is -1.10. The first-order valence-corrected chi connectivity index (χ1v) is 7.64. The van der Waals surface area contributed by atoms with Gasteiger partial charge >= 0.3 is 5.97 Å². The molecule has 1 fully saturated rings. The molecule has 0 radical (unpaired) electrons. The fourth-order valence-corrected chi connectivity index (χ4v) is 2.99. The average molecular weight is 284 g/mol. The van der Waals surface area contributed by atoms with E-state index < -0.39 is 5.97 Å². The number of rotatable bonds is 7. The molecule has 0 aromatic carbocycles. The molecule has 116 valence electrons. The topological polar surface area (TPSA) is 69.6 Å². The maximum absolute atomic E-state index is 12.5. The Labute approximate surface area is 121 Å². The van der Waals surface area contributed by atoms with E-state index in [1.54, 1.807) is 0 Å². The number of carboxylic acid groups (broad SMARTS) is 1. The van der Waals surface area contributed by atoms with Crippen molar-refractivity contribution in [3.8, 4) is 0 Å². The molecule has 0 spiro atoms. The molecule has 5 heteroatoms. The van der Waals surface area contributed by atoms with Crippen LogP contribution < -0.4 is 5.32 Å². The van der Waals surface area contributed by atoms with E-state index in [1.165, 1.54) is 11.3 Å². The van der Waals surface area contributed by atoms with Crippen LogP contribution in [0.4, 0.5) is 0 Å². The Bertz CT molecular complexity index is 338. The lowest BCUT2D eigenvalue weighted by Crippen LogP contribution is -2.51. The number of carbonyl (C=O) groups excluding carboxylic acids is 1. The van der Waals surface area contributed by atoms with Gasteiger partial charge in [0.1, 0.15) is 6.54 Å². The Morgan fingerprint density at radius 2 is 1.90 bits per heavy atom. The maximum Gasteiger partial charge on any atom is 0.323 e. The van der Waals surface area contributed by atoms with Crippen molar-refractivity contribution >= 4 is 11.9 Å². The molecular weight excluding hydrogens is 256 g/mol. The number of carbonyl (C=O) groups is 2. The van der Waals surface area contributed by atoms with Gasteiger partial charge in [-0.3, -0.25) is 9.59 Å². The van der Waals surface area contributed by atoms with Crippen molar-refractivity contribution < 1.29 is 14.7 Å². The normalized spacial score (nSPS) is 19.4. The van der Waals surface area contributed by atoms with Gasteiger partial charge in [0.15, 0.2) is 0 Å². The molecule has 1 amide bonds. The quantitative estimate of drug-likeness (QED) is 0.750. The maximum atomic E-state index is 12.5. The summed E-state index contributed by atoms with van der Waals surface area (Å²) in [7, 11) is 1.91. The number of aliphatic carboxylic acids is 1. The van der Waals surface area contributed by atoms with Crippen LogP contribution in [0.3, 0.4) is 0 Å². The number of carboxylic acids is 1. The van der Waals surface area contributed by atoms with Gasteiger partial charge in [0.25, 0.3) is 0 Å². The lowest BCUT2D eigenvalue weighted by Gasteiger charge is -2.39. The summed E-state index contributed by atoms with van der Waals surface area (Å²) in [6.07, 6.45) is 6.66. The highest BCUT2D eigenvalue weighted by Crippen LogP contribution is 2.31. The molecule has 1 unspecified atom stereocenters. The first kappa shape index (κ1) is 17.0. The highest BCUT2D eigenvalue weighted by molar-refractivity contribution is 5.82. The molecule has 1 atom stereocenters. The fraction of sp³-hybridized carbons (Fsp3) is 0.867. The van der Waals surface area contributed by atoms with Crippen molar-refractivity contribution in [1.29, 1.82) is 0 Å². The van der Waals surface area contributed by atoms with E-state index in [-0.39, 0.29) is 24.0 Å². The van der Waals surface area contributed by atoms with Gasteiger partial charge in [-0.25, -0.2) is 0 Å². The molecule has 0 saturated heterocycles. The first-order chi connectivity index (χ1) is 9.44. The summed E-state index contributed by atoms with van der Waals surface area (Å²) in [4.78, 5) is 25.0. The molecule has 0 aromatic rings. The van der Waals surface area contributed by atoms with E-state index in [0.717, 1.165) is 32.1 Å². The van der Waals surface area contributed by atoms with Gasteiger partial charge < -0.3 is 15.3 Å².